The predicted octanol–water partition coefficient (Wildman–Crippen LogP) is 0.223. The van der Waals surface area contributed by atoms with E-state index in [0.29, 0.717) is 43.4 Å². The Bertz CT molecular complexity index is 37.3. The van der Waals surface area contributed by atoms with E-state index in [9.17, 15) is 0 Å². The fraction of sp³-hybridized carbons (Fsp3) is 1.00. The van der Waals surface area contributed by atoms with Crippen LogP contribution in [0.15, 0.2) is 0 Å². The molecule has 0 fully saturated rings. The van der Waals surface area contributed by atoms with E-state index in [1.807, 2.05) is 7.05 Å². The van der Waals surface area contributed by atoms with Crippen LogP contribution >= 0.6 is 0 Å². The van der Waals surface area contributed by atoms with Crippen LogP contribution in [0, 0.1) is 42.8 Å². The topological polar surface area (TPSA) is 12.0 Å². The molecule has 0 saturated heterocycles. The molecule has 34 valence electrons. The molecule has 0 saturated carbocycles. The van der Waals surface area contributed by atoms with Gasteiger partial charge in [0, 0.05) is 0 Å². The number of hydrogen-bond donors (Lipinski definition) is 1. The molecule has 1 N–H and O–H groups in total. The van der Waals surface area contributed by atoms with Crippen molar-refractivity contribution in [2.45, 2.75) is 14.4 Å². The van der Waals surface area contributed by atoms with Gasteiger partial charge in [-0.25, -0.2) is 0 Å². The fourth-order valence-electron chi connectivity index (χ4n) is 0. The average molecular weight is 299 g/mol. The van der Waals surface area contributed by atoms with Gasteiger partial charge in [0.2, 0.25) is 0 Å². The Balaban J connectivity index is 3.17. The molecule has 0 unspecified atom stereocenters. The summed E-state index contributed by atoms with van der Waals surface area (Å²) in [6, 6.07) is 0. The average Bonchev–Trinajstić information content (AvgIpc) is 1.35. The summed E-state index contributed by atoms with van der Waals surface area (Å²) in [6.45, 7) is 4.47. The molecule has 0 heterocycles. The minimum atomic E-state index is 0.521. The molecule has 0 rings (SSSR count). The minimum absolute atomic E-state index is 0.521. The van der Waals surface area contributed by atoms with Gasteiger partial charge in [-0.2, -0.15) is 0 Å². The maximum atomic E-state index is 3.21. The Hall–Kier alpha value is 1.43. The van der Waals surface area contributed by atoms with Gasteiger partial charge in [-0.05, 0) is 0 Å². The fourth-order valence-corrected chi connectivity index (χ4v) is 0. The van der Waals surface area contributed by atoms with E-state index in [2.05, 4.69) is 19.2 Å². The summed E-state index contributed by atoms with van der Waals surface area (Å²) in [5.41, 5.74) is 0. The Morgan fingerprint density at radius 3 is 1.67 bits per heavy atom. The molecule has 0 aliphatic heterocycles. The summed E-state index contributed by atoms with van der Waals surface area (Å²) < 4.78 is 0.521. The van der Waals surface area contributed by atoms with Crippen LogP contribution in [0.1, 0.15) is 13.8 Å². The van der Waals surface area contributed by atoms with Crippen molar-refractivity contribution < 1.29 is 42.8 Å². The van der Waals surface area contributed by atoms with Gasteiger partial charge in [0.25, 0.3) is 0 Å². The molecule has 0 aromatic rings. The van der Waals surface area contributed by atoms with Crippen LogP contribution in [0.4, 0.5) is 0 Å². The standard InChI is InChI=1S/C4H10N.Ra.H/c1-4(2)5-3;;/h5H,1-3H3;;. The number of rotatable bonds is 1. The zero-order valence-electron chi connectivity index (χ0n) is 5.00. The maximum absolute atomic E-state index is 3.21. The summed E-state index contributed by atoms with van der Waals surface area (Å²) in [6.07, 6.45) is 0. The van der Waals surface area contributed by atoms with Crippen LogP contribution in [0.2, 0.25) is 0 Å². The van der Waals surface area contributed by atoms with Crippen molar-refractivity contribution in [3.05, 3.63) is 0 Å². The third-order valence-corrected chi connectivity index (χ3v) is 2.80. The van der Waals surface area contributed by atoms with E-state index >= 15 is 0 Å². The van der Waals surface area contributed by atoms with Gasteiger partial charge >= 0.3 is 69.6 Å². The summed E-state index contributed by atoms with van der Waals surface area (Å²) in [7, 11) is 2.02. The second kappa shape index (κ2) is 2.67. The van der Waals surface area contributed by atoms with E-state index in [-0.39, 0.29) is 0 Å². The molecule has 0 amide bonds. The molecular formula is C4H11NRa. The van der Waals surface area contributed by atoms with Crippen molar-refractivity contribution in [2.75, 3.05) is 7.05 Å². The molecular weight excluding hydrogens is 288 g/mol. The van der Waals surface area contributed by atoms with Gasteiger partial charge in [-0.3, -0.25) is 0 Å². The summed E-state index contributed by atoms with van der Waals surface area (Å²) >= 11 is 0.620. The molecule has 0 bridgehead atoms. The van der Waals surface area contributed by atoms with Crippen molar-refractivity contribution in [1.82, 2.24) is 5.32 Å². The first-order valence-corrected chi connectivity index (χ1v) is 6.36. The van der Waals surface area contributed by atoms with E-state index in [1.54, 1.807) is 0 Å². The second-order valence-electron chi connectivity index (χ2n) is 2.50. The quantitative estimate of drug-likeness (QED) is 0.731. The van der Waals surface area contributed by atoms with Crippen molar-refractivity contribution in [3.8, 4) is 0 Å². The third-order valence-electron chi connectivity index (χ3n) is 0.750. The van der Waals surface area contributed by atoms with Crippen LogP contribution in [0.5, 0.6) is 0 Å². The first kappa shape index (κ1) is 7.43. The van der Waals surface area contributed by atoms with Crippen molar-refractivity contribution in [1.29, 1.82) is 0 Å². The van der Waals surface area contributed by atoms with Crippen LogP contribution in [-0.2, 0) is 0 Å². The summed E-state index contributed by atoms with van der Waals surface area (Å²) in [5.74, 6) is 0. The van der Waals surface area contributed by atoms with Gasteiger partial charge in [-0.1, -0.05) is 0 Å². The van der Waals surface area contributed by atoms with Crippen LogP contribution in [0.25, 0.3) is 0 Å². The molecule has 0 aliphatic rings. The zero-order valence-corrected chi connectivity index (χ0v) is 13.2. The predicted molar refractivity (Wildman–Crippen MR) is 24.5 cm³/mol. The Morgan fingerprint density at radius 2 is 1.67 bits per heavy atom. The first-order valence-electron chi connectivity index (χ1n) is 2.25. The van der Waals surface area contributed by atoms with Crippen LogP contribution in [-0.4, -0.2) is 7.63 Å². The van der Waals surface area contributed by atoms with Gasteiger partial charge in [0.05, 0.1) is 0 Å². The van der Waals surface area contributed by atoms with Gasteiger partial charge in [-0.15, -0.1) is 0 Å². The summed E-state index contributed by atoms with van der Waals surface area (Å²) in [4.78, 5) is 0. The molecule has 0 aromatic heterocycles. The molecule has 1 nitrogen and oxygen atoms in total. The van der Waals surface area contributed by atoms with Gasteiger partial charge < -0.3 is 0 Å². The monoisotopic (exact) mass is 299 g/mol. The zero-order chi connectivity index (χ0) is 5.21. The Kier molecular flexibility index (Phi) is 3.30. The molecule has 6 heavy (non-hydrogen) atoms. The molecule has 0 spiro atoms. The molecule has 0 radical (unpaired) electrons. The van der Waals surface area contributed by atoms with E-state index in [0.717, 1.165) is 0 Å². The molecule has 0 aliphatic carbocycles. The number of nitrogens with one attached hydrogen (secondary N) is 1. The third kappa shape index (κ3) is 5.43. The van der Waals surface area contributed by atoms with E-state index < -0.39 is 0 Å². The Morgan fingerprint density at radius 1 is 1.50 bits per heavy atom. The SMILES string of the molecule is CN[C](C)(C)[RaH]. The van der Waals surface area contributed by atoms with Gasteiger partial charge in [0.15, 0.2) is 0 Å². The Labute approximate surface area is 68.7 Å². The first-order chi connectivity index (χ1) is 2.56. The van der Waals surface area contributed by atoms with Crippen molar-refractivity contribution in [3.63, 3.8) is 0 Å². The summed E-state index contributed by atoms with van der Waals surface area (Å²) in [5, 5.41) is 3.21. The van der Waals surface area contributed by atoms with Crippen molar-refractivity contribution >= 4 is 0 Å². The second-order valence-corrected chi connectivity index (χ2v) is 12.8. The normalized spacial score (nSPS) is 11.7. The van der Waals surface area contributed by atoms with E-state index in [4.69, 9.17) is 0 Å². The number of hydrogen-bond acceptors (Lipinski definition) is 1. The molecule has 0 atom stereocenters. The van der Waals surface area contributed by atoms with Crippen LogP contribution in [0.3, 0.4) is 0 Å². The van der Waals surface area contributed by atoms with Crippen molar-refractivity contribution in [2.24, 2.45) is 0 Å². The van der Waals surface area contributed by atoms with E-state index in [1.165, 1.54) is 0 Å². The molecule has 0 aromatic carbocycles. The molecule has 2 heteroatoms. The van der Waals surface area contributed by atoms with Gasteiger partial charge in [0.1, 0.15) is 0 Å². The van der Waals surface area contributed by atoms with Crippen LogP contribution < -0.4 is 5.32 Å².